The molecule has 1 unspecified atom stereocenters. The zero-order valence-corrected chi connectivity index (χ0v) is 20.4. The fourth-order valence-corrected chi connectivity index (χ4v) is 4.97. The van der Waals surface area contributed by atoms with E-state index in [9.17, 15) is 15.3 Å². The molecule has 2 aromatic carbocycles. The summed E-state index contributed by atoms with van der Waals surface area (Å²) < 4.78 is 0. The number of hydrogen-bond acceptors (Lipinski definition) is 4. The van der Waals surface area contributed by atoms with E-state index < -0.39 is 0 Å². The second-order valence-electron chi connectivity index (χ2n) is 8.64. The summed E-state index contributed by atoms with van der Waals surface area (Å²) in [6.07, 6.45) is 6.09. The van der Waals surface area contributed by atoms with Crippen LogP contribution in [0.1, 0.15) is 68.4 Å². The molecule has 0 aliphatic rings. The first-order valence-electron chi connectivity index (χ1n) is 11.2. The molecule has 0 saturated heterocycles. The van der Waals surface area contributed by atoms with Crippen LogP contribution in [-0.4, -0.2) is 27.2 Å². The lowest BCUT2D eigenvalue weighted by molar-refractivity contribution is 0.149. The first-order valence-corrected chi connectivity index (χ1v) is 12.2. The van der Waals surface area contributed by atoms with E-state index in [1.54, 1.807) is 11.8 Å². The SMILES string of the molecule is CCC(C=Cc1ccc(CO)c(CO)c1)(CC)c1ccc(SCC(O)C(C)C)c(C)c1. The summed E-state index contributed by atoms with van der Waals surface area (Å²) >= 11 is 1.72. The summed E-state index contributed by atoms with van der Waals surface area (Å²) in [6.45, 7) is 10.5. The van der Waals surface area contributed by atoms with Crippen molar-refractivity contribution in [2.24, 2.45) is 5.92 Å². The molecule has 0 fully saturated rings. The minimum absolute atomic E-state index is 0.0639. The third-order valence-electron chi connectivity index (χ3n) is 6.36. The van der Waals surface area contributed by atoms with Gasteiger partial charge < -0.3 is 15.3 Å². The molecule has 0 amide bonds. The molecule has 3 N–H and O–H groups in total. The van der Waals surface area contributed by atoms with E-state index in [2.05, 4.69) is 51.1 Å². The fraction of sp³-hybridized carbons (Fsp3) is 0.481. The zero-order chi connectivity index (χ0) is 23.0. The number of thioether (sulfide) groups is 1. The number of benzene rings is 2. The van der Waals surface area contributed by atoms with Crippen LogP contribution in [0.25, 0.3) is 6.08 Å². The number of hydrogen-bond donors (Lipinski definition) is 3. The van der Waals surface area contributed by atoms with Gasteiger partial charge >= 0.3 is 0 Å². The maximum atomic E-state index is 10.1. The van der Waals surface area contributed by atoms with E-state index in [1.165, 1.54) is 16.0 Å². The fourth-order valence-electron chi connectivity index (χ4n) is 3.79. The molecule has 0 aliphatic carbocycles. The molecule has 0 spiro atoms. The summed E-state index contributed by atoms with van der Waals surface area (Å²) in [7, 11) is 0. The summed E-state index contributed by atoms with van der Waals surface area (Å²) in [5.74, 6) is 0.976. The third kappa shape index (κ3) is 6.45. The largest absolute Gasteiger partial charge is 0.392 e. The number of allylic oxidation sites excluding steroid dienone is 1. The zero-order valence-electron chi connectivity index (χ0n) is 19.6. The van der Waals surface area contributed by atoms with E-state index in [0.717, 1.165) is 29.5 Å². The second kappa shape index (κ2) is 11.9. The highest BCUT2D eigenvalue weighted by molar-refractivity contribution is 7.99. The summed E-state index contributed by atoms with van der Waals surface area (Å²) in [4.78, 5) is 1.22. The lowest BCUT2D eigenvalue weighted by Crippen LogP contribution is -2.21. The van der Waals surface area contributed by atoms with Crippen molar-refractivity contribution in [3.8, 4) is 0 Å². The normalized spacial score (nSPS) is 13.3. The molecule has 2 aromatic rings. The van der Waals surface area contributed by atoms with E-state index >= 15 is 0 Å². The molecule has 0 heterocycles. The van der Waals surface area contributed by atoms with Crippen molar-refractivity contribution in [3.05, 3.63) is 70.3 Å². The van der Waals surface area contributed by atoms with E-state index in [-0.39, 0.29) is 30.7 Å². The first-order chi connectivity index (χ1) is 14.8. The molecular formula is C27H38O3S. The molecule has 1 atom stereocenters. The van der Waals surface area contributed by atoms with Gasteiger partial charge in [0.15, 0.2) is 0 Å². The second-order valence-corrected chi connectivity index (χ2v) is 9.71. The average Bonchev–Trinajstić information content (AvgIpc) is 2.78. The molecule has 0 bridgehead atoms. The van der Waals surface area contributed by atoms with Crippen LogP contribution in [0.4, 0.5) is 0 Å². The molecular weight excluding hydrogens is 404 g/mol. The van der Waals surface area contributed by atoms with Crippen molar-refractivity contribution in [2.75, 3.05) is 5.75 Å². The van der Waals surface area contributed by atoms with Gasteiger partial charge in [-0.05, 0) is 65.6 Å². The Labute approximate surface area is 192 Å². The summed E-state index contributed by atoms with van der Waals surface area (Å²) in [5, 5.41) is 29.1. The Morgan fingerprint density at radius 1 is 0.968 bits per heavy atom. The molecule has 31 heavy (non-hydrogen) atoms. The Morgan fingerprint density at radius 2 is 1.65 bits per heavy atom. The summed E-state index contributed by atoms with van der Waals surface area (Å²) in [5.41, 5.74) is 5.04. The van der Waals surface area contributed by atoms with Gasteiger partial charge in [-0.3, -0.25) is 0 Å². The molecule has 0 aromatic heterocycles. The maximum absolute atomic E-state index is 10.1. The lowest BCUT2D eigenvalue weighted by Gasteiger charge is -2.30. The lowest BCUT2D eigenvalue weighted by atomic mass is 9.75. The minimum Gasteiger partial charge on any atom is -0.392 e. The van der Waals surface area contributed by atoms with Gasteiger partial charge in [-0.2, -0.15) is 0 Å². The number of aliphatic hydroxyl groups excluding tert-OH is 3. The molecule has 3 nitrogen and oxygen atoms in total. The van der Waals surface area contributed by atoms with E-state index in [4.69, 9.17) is 0 Å². The Kier molecular flexibility index (Phi) is 9.83. The smallest absolute Gasteiger partial charge is 0.0685 e. The van der Waals surface area contributed by atoms with E-state index in [0.29, 0.717) is 5.75 Å². The van der Waals surface area contributed by atoms with Gasteiger partial charge in [-0.15, -0.1) is 11.8 Å². The first kappa shape index (κ1) is 25.7. The number of aliphatic hydroxyl groups is 3. The van der Waals surface area contributed by atoms with Crippen LogP contribution in [0.15, 0.2) is 47.4 Å². The van der Waals surface area contributed by atoms with Crippen molar-refractivity contribution in [3.63, 3.8) is 0 Å². The highest BCUT2D eigenvalue weighted by Gasteiger charge is 2.26. The predicted molar refractivity (Wildman–Crippen MR) is 132 cm³/mol. The van der Waals surface area contributed by atoms with E-state index in [1.807, 2.05) is 32.0 Å². The maximum Gasteiger partial charge on any atom is 0.0685 e. The Balaban J connectivity index is 2.29. The monoisotopic (exact) mass is 442 g/mol. The highest BCUT2D eigenvalue weighted by atomic mass is 32.2. The Hall–Kier alpha value is -1.59. The molecule has 0 saturated carbocycles. The van der Waals surface area contributed by atoms with Crippen molar-refractivity contribution in [1.29, 1.82) is 0 Å². The Bertz CT molecular complexity index is 869. The van der Waals surface area contributed by atoms with Gasteiger partial charge in [0.2, 0.25) is 0 Å². The van der Waals surface area contributed by atoms with Crippen molar-refractivity contribution in [1.82, 2.24) is 0 Å². The number of rotatable bonds is 11. The molecule has 0 radical (unpaired) electrons. The third-order valence-corrected chi connectivity index (χ3v) is 7.63. The van der Waals surface area contributed by atoms with Gasteiger partial charge in [-0.25, -0.2) is 0 Å². The molecule has 2 rings (SSSR count). The predicted octanol–water partition coefficient (Wildman–Crippen LogP) is 5.86. The van der Waals surface area contributed by atoms with Crippen LogP contribution in [0, 0.1) is 12.8 Å². The highest BCUT2D eigenvalue weighted by Crippen LogP contribution is 2.37. The van der Waals surface area contributed by atoms with Crippen molar-refractivity contribution < 1.29 is 15.3 Å². The minimum atomic E-state index is -0.293. The van der Waals surface area contributed by atoms with Crippen LogP contribution in [-0.2, 0) is 18.6 Å². The molecule has 0 aliphatic heterocycles. The van der Waals surface area contributed by atoms with Gasteiger partial charge in [0.25, 0.3) is 0 Å². The van der Waals surface area contributed by atoms with Crippen LogP contribution in [0.3, 0.4) is 0 Å². The van der Waals surface area contributed by atoms with Crippen LogP contribution >= 0.6 is 11.8 Å². The van der Waals surface area contributed by atoms with Crippen molar-refractivity contribution in [2.45, 2.75) is 77.1 Å². The van der Waals surface area contributed by atoms with Gasteiger partial charge in [0.05, 0.1) is 19.3 Å². The van der Waals surface area contributed by atoms with Gasteiger partial charge in [-0.1, -0.05) is 64.1 Å². The van der Waals surface area contributed by atoms with Gasteiger partial charge in [0, 0.05) is 16.1 Å². The summed E-state index contributed by atoms with van der Waals surface area (Å²) in [6, 6.07) is 12.5. The van der Waals surface area contributed by atoms with Gasteiger partial charge in [0.1, 0.15) is 0 Å². The van der Waals surface area contributed by atoms with Crippen LogP contribution in [0.5, 0.6) is 0 Å². The number of aryl methyl sites for hydroxylation is 1. The van der Waals surface area contributed by atoms with Crippen LogP contribution < -0.4 is 0 Å². The molecule has 4 heteroatoms. The average molecular weight is 443 g/mol. The molecule has 170 valence electrons. The quantitative estimate of drug-likeness (QED) is 0.382. The Morgan fingerprint density at radius 3 is 2.19 bits per heavy atom. The standard InChI is InChI=1S/C27H38O3S/c1-6-27(7-2,13-12-21-8-9-22(16-28)23(15-21)17-29)24-10-11-26(20(5)14-24)31-18-25(30)19(3)4/h8-15,19,25,28-30H,6-7,16-18H2,1-5H3. The van der Waals surface area contributed by atoms with Crippen LogP contribution in [0.2, 0.25) is 0 Å². The van der Waals surface area contributed by atoms with Crippen molar-refractivity contribution >= 4 is 17.8 Å². The topological polar surface area (TPSA) is 60.7 Å².